The fourth-order valence-corrected chi connectivity index (χ4v) is 2.45. The second-order valence-electron chi connectivity index (χ2n) is 4.65. The average Bonchev–Trinajstić information content (AvgIpc) is 2.92. The summed E-state index contributed by atoms with van der Waals surface area (Å²) < 4.78 is 5.47. The molecule has 0 amide bonds. The van der Waals surface area contributed by atoms with Gasteiger partial charge in [0.25, 0.3) is 0 Å². The third-order valence-electron chi connectivity index (χ3n) is 2.77. The van der Waals surface area contributed by atoms with Gasteiger partial charge in [-0.2, -0.15) is 0 Å². The lowest BCUT2D eigenvalue weighted by Crippen LogP contribution is -2.30. The Labute approximate surface area is 123 Å². The van der Waals surface area contributed by atoms with Crippen LogP contribution in [0.3, 0.4) is 0 Å². The monoisotopic (exact) mass is 292 g/mol. The van der Waals surface area contributed by atoms with E-state index in [1.807, 2.05) is 42.6 Å². The molecule has 0 radical (unpaired) electrons. The number of thiophene rings is 1. The van der Waals surface area contributed by atoms with Crippen LogP contribution in [-0.2, 0) is 17.9 Å². The van der Waals surface area contributed by atoms with Gasteiger partial charge in [0.2, 0.25) is 0 Å². The van der Waals surface area contributed by atoms with Crippen molar-refractivity contribution in [2.24, 2.45) is 0 Å². The third-order valence-corrected chi connectivity index (χ3v) is 3.62. The van der Waals surface area contributed by atoms with Crippen LogP contribution in [0.15, 0.2) is 35.7 Å². The number of aromatic nitrogens is 1. The first kappa shape index (κ1) is 15.1. The van der Waals surface area contributed by atoms with E-state index in [1.165, 1.54) is 4.88 Å². The molecule has 0 saturated heterocycles. The minimum absolute atomic E-state index is 0.339. The van der Waals surface area contributed by atoms with Crippen LogP contribution < -0.4 is 5.32 Å². The zero-order valence-electron chi connectivity index (χ0n) is 11.6. The predicted molar refractivity (Wildman–Crippen MR) is 80.7 cm³/mol. The third kappa shape index (κ3) is 5.38. The molecule has 0 fully saturated rings. The Hall–Kier alpha value is -1.27. The summed E-state index contributed by atoms with van der Waals surface area (Å²) in [5, 5.41) is 15.0. The van der Waals surface area contributed by atoms with E-state index in [-0.39, 0.29) is 0 Å². The Bertz CT molecular complexity index is 502. The summed E-state index contributed by atoms with van der Waals surface area (Å²) in [6, 6.07) is 9.95. The largest absolute Gasteiger partial charge is 0.389 e. The lowest BCUT2D eigenvalue weighted by molar-refractivity contribution is 0.0297. The highest BCUT2D eigenvalue weighted by Crippen LogP contribution is 2.09. The fraction of sp³-hybridized carbons (Fsp3) is 0.400. The van der Waals surface area contributed by atoms with Gasteiger partial charge in [-0.3, -0.25) is 4.98 Å². The molecule has 1 atom stereocenters. The van der Waals surface area contributed by atoms with E-state index in [2.05, 4.69) is 10.3 Å². The highest BCUT2D eigenvalue weighted by Gasteiger charge is 2.05. The van der Waals surface area contributed by atoms with Crippen LogP contribution in [0.4, 0.5) is 0 Å². The summed E-state index contributed by atoms with van der Waals surface area (Å²) in [4.78, 5) is 5.57. The normalized spacial score (nSPS) is 12.5. The first-order valence-electron chi connectivity index (χ1n) is 6.65. The maximum Gasteiger partial charge on any atom is 0.0897 e. The van der Waals surface area contributed by atoms with Crippen molar-refractivity contribution in [2.75, 3.05) is 13.2 Å². The fourth-order valence-electron chi connectivity index (χ4n) is 1.81. The summed E-state index contributed by atoms with van der Waals surface area (Å²) in [6.07, 6.45) is -0.500. The van der Waals surface area contributed by atoms with Gasteiger partial charge in [0, 0.05) is 23.7 Å². The maximum atomic E-state index is 9.81. The van der Waals surface area contributed by atoms with Gasteiger partial charge in [0.15, 0.2) is 0 Å². The van der Waals surface area contributed by atoms with Gasteiger partial charge in [-0.15, -0.1) is 11.3 Å². The van der Waals surface area contributed by atoms with Crippen LogP contribution in [0.1, 0.15) is 16.3 Å². The summed E-state index contributed by atoms with van der Waals surface area (Å²) in [5.41, 5.74) is 1.99. The molecule has 0 bridgehead atoms. The Kier molecular flexibility index (Phi) is 6.14. The lowest BCUT2D eigenvalue weighted by atomic mass is 10.3. The number of aliphatic hydroxyl groups is 1. The summed E-state index contributed by atoms with van der Waals surface area (Å²) in [5.74, 6) is 0. The summed E-state index contributed by atoms with van der Waals surface area (Å²) in [6.45, 7) is 4.03. The Morgan fingerprint density at radius 3 is 3.00 bits per heavy atom. The highest BCUT2D eigenvalue weighted by atomic mass is 32.1. The highest BCUT2D eigenvalue weighted by molar-refractivity contribution is 7.09. The molecule has 2 N–H and O–H groups in total. The van der Waals surface area contributed by atoms with Crippen molar-refractivity contribution in [3.63, 3.8) is 0 Å². The number of rotatable bonds is 8. The topological polar surface area (TPSA) is 54.4 Å². The Morgan fingerprint density at radius 1 is 1.35 bits per heavy atom. The summed E-state index contributed by atoms with van der Waals surface area (Å²) >= 11 is 1.66. The van der Waals surface area contributed by atoms with Gasteiger partial charge in [-0.25, -0.2) is 0 Å². The zero-order chi connectivity index (χ0) is 14.2. The molecular weight excluding hydrogens is 272 g/mol. The minimum Gasteiger partial charge on any atom is -0.389 e. The summed E-state index contributed by atoms with van der Waals surface area (Å²) in [7, 11) is 0. The maximum absolute atomic E-state index is 9.81. The molecule has 0 aromatic carbocycles. The van der Waals surface area contributed by atoms with Gasteiger partial charge in [-0.05, 0) is 30.5 Å². The molecule has 108 valence electrons. The molecule has 0 spiro atoms. The SMILES string of the molecule is Cc1cccc(CNCC(O)COCc2cccs2)n1. The molecule has 0 aliphatic rings. The first-order chi connectivity index (χ1) is 9.74. The van der Waals surface area contributed by atoms with Crippen molar-refractivity contribution in [1.29, 1.82) is 0 Å². The molecule has 0 aliphatic heterocycles. The van der Waals surface area contributed by atoms with Crippen molar-refractivity contribution in [1.82, 2.24) is 10.3 Å². The van der Waals surface area contributed by atoms with Gasteiger partial charge >= 0.3 is 0 Å². The molecule has 2 heterocycles. The standard InChI is InChI=1S/C15H20N2O2S/c1-12-4-2-5-13(17-12)8-16-9-14(18)10-19-11-15-6-3-7-20-15/h2-7,14,16,18H,8-11H2,1H3. The number of nitrogens with one attached hydrogen (secondary N) is 1. The number of pyridine rings is 1. The molecular formula is C15H20N2O2S. The van der Waals surface area contributed by atoms with Crippen LogP contribution in [-0.4, -0.2) is 29.3 Å². The Morgan fingerprint density at radius 2 is 2.25 bits per heavy atom. The van der Waals surface area contributed by atoms with Crippen molar-refractivity contribution in [3.05, 3.63) is 52.0 Å². The van der Waals surface area contributed by atoms with Gasteiger partial charge in [0.1, 0.15) is 0 Å². The molecule has 1 unspecified atom stereocenters. The van der Waals surface area contributed by atoms with E-state index < -0.39 is 6.10 Å². The number of hydrogen-bond acceptors (Lipinski definition) is 5. The van der Waals surface area contributed by atoms with Gasteiger partial charge in [0.05, 0.1) is 25.0 Å². The van der Waals surface area contributed by atoms with Gasteiger partial charge in [-0.1, -0.05) is 12.1 Å². The molecule has 4 nitrogen and oxygen atoms in total. The van der Waals surface area contributed by atoms with Crippen LogP contribution in [0, 0.1) is 6.92 Å². The van der Waals surface area contributed by atoms with E-state index in [0.29, 0.717) is 26.3 Å². The number of nitrogens with zero attached hydrogens (tertiary/aromatic N) is 1. The second-order valence-corrected chi connectivity index (χ2v) is 5.68. The molecule has 2 rings (SSSR count). The van der Waals surface area contributed by atoms with Crippen molar-refractivity contribution < 1.29 is 9.84 Å². The molecule has 0 aliphatic carbocycles. The number of aliphatic hydroxyl groups excluding tert-OH is 1. The molecule has 20 heavy (non-hydrogen) atoms. The second kappa shape index (κ2) is 8.11. The number of aryl methyl sites for hydroxylation is 1. The van der Waals surface area contributed by atoms with E-state index in [4.69, 9.17) is 4.74 Å². The van der Waals surface area contributed by atoms with E-state index in [1.54, 1.807) is 11.3 Å². The van der Waals surface area contributed by atoms with Crippen molar-refractivity contribution >= 4 is 11.3 Å². The zero-order valence-corrected chi connectivity index (χ0v) is 12.4. The predicted octanol–water partition coefficient (Wildman–Crippen LogP) is 2.12. The lowest BCUT2D eigenvalue weighted by Gasteiger charge is -2.12. The molecule has 2 aromatic heterocycles. The quantitative estimate of drug-likeness (QED) is 0.782. The van der Waals surface area contributed by atoms with Crippen LogP contribution in [0.5, 0.6) is 0 Å². The van der Waals surface area contributed by atoms with Crippen LogP contribution in [0.25, 0.3) is 0 Å². The van der Waals surface area contributed by atoms with Gasteiger partial charge < -0.3 is 15.2 Å². The van der Waals surface area contributed by atoms with E-state index in [0.717, 1.165) is 11.4 Å². The van der Waals surface area contributed by atoms with Crippen molar-refractivity contribution in [2.45, 2.75) is 26.2 Å². The minimum atomic E-state index is -0.500. The molecule has 2 aromatic rings. The first-order valence-corrected chi connectivity index (χ1v) is 7.53. The van der Waals surface area contributed by atoms with E-state index in [9.17, 15) is 5.11 Å². The van der Waals surface area contributed by atoms with Crippen LogP contribution >= 0.6 is 11.3 Å². The van der Waals surface area contributed by atoms with Crippen molar-refractivity contribution in [3.8, 4) is 0 Å². The van der Waals surface area contributed by atoms with E-state index >= 15 is 0 Å². The average molecular weight is 292 g/mol. The smallest absolute Gasteiger partial charge is 0.0897 e. The molecule has 0 saturated carbocycles. The molecule has 5 heteroatoms. The number of ether oxygens (including phenoxy) is 1. The van der Waals surface area contributed by atoms with Crippen LogP contribution in [0.2, 0.25) is 0 Å². The number of hydrogen-bond donors (Lipinski definition) is 2. The Balaban J connectivity index is 1.59.